The summed E-state index contributed by atoms with van der Waals surface area (Å²) in [6.45, 7) is 6.47. The maximum absolute atomic E-state index is 11.7. The van der Waals surface area contributed by atoms with Gasteiger partial charge in [0.1, 0.15) is 5.78 Å². The molecule has 0 amide bonds. The summed E-state index contributed by atoms with van der Waals surface area (Å²) in [5, 5.41) is 0. The van der Waals surface area contributed by atoms with E-state index in [1.807, 2.05) is 12.1 Å². The van der Waals surface area contributed by atoms with Gasteiger partial charge >= 0.3 is 0 Å². The van der Waals surface area contributed by atoms with Gasteiger partial charge < -0.3 is 0 Å². The van der Waals surface area contributed by atoms with Crippen LogP contribution < -0.4 is 0 Å². The average Bonchev–Trinajstić information content (AvgIpc) is 2.21. The van der Waals surface area contributed by atoms with Crippen LogP contribution >= 0.6 is 0 Å². The Morgan fingerprint density at radius 2 is 1.94 bits per heavy atom. The van der Waals surface area contributed by atoms with Crippen LogP contribution in [0.4, 0.5) is 0 Å². The summed E-state index contributed by atoms with van der Waals surface area (Å²) in [4.78, 5) is 11.7. The molecular formula is C15H22O. The molecule has 1 rings (SSSR count). The van der Waals surface area contributed by atoms with E-state index in [9.17, 15) is 4.79 Å². The van der Waals surface area contributed by atoms with Gasteiger partial charge in [0.25, 0.3) is 0 Å². The van der Waals surface area contributed by atoms with Crippen molar-refractivity contribution < 1.29 is 4.79 Å². The Morgan fingerprint density at radius 3 is 2.56 bits per heavy atom. The molecule has 0 aliphatic heterocycles. The molecule has 0 N–H and O–H groups in total. The second-order valence-electron chi connectivity index (χ2n) is 4.93. The number of aryl methyl sites for hydroxylation is 1. The zero-order valence-electron chi connectivity index (χ0n) is 10.6. The van der Waals surface area contributed by atoms with E-state index in [-0.39, 0.29) is 0 Å². The molecule has 0 aromatic heterocycles. The van der Waals surface area contributed by atoms with Crippen molar-refractivity contribution in [2.24, 2.45) is 5.92 Å². The van der Waals surface area contributed by atoms with Crippen molar-refractivity contribution in [3.8, 4) is 0 Å². The molecule has 88 valence electrons. The van der Waals surface area contributed by atoms with Gasteiger partial charge in [0.2, 0.25) is 0 Å². The molecule has 16 heavy (non-hydrogen) atoms. The molecule has 0 bridgehead atoms. The number of carbonyl (C=O) groups excluding carboxylic acids is 1. The molecule has 1 heteroatoms. The first-order chi connectivity index (χ1) is 7.59. The maximum Gasteiger partial charge on any atom is 0.137 e. The summed E-state index contributed by atoms with van der Waals surface area (Å²) in [7, 11) is 0. The van der Waals surface area contributed by atoms with Gasteiger partial charge in [-0.3, -0.25) is 4.79 Å². The number of benzene rings is 1. The fourth-order valence-corrected chi connectivity index (χ4v) is 1.82. The van der Waals surface area contributed by atoms with E-state index in [0.717, 1.165) is 19.3 Å². The second kappa shape index (κ2) is 6.47. The van der Waals surface area contributed by atoms with Crippen molar-refractivity contribution in [3.05, 3.63) is 35.4 Å². The molecule has 0 fully saturated rings. The van der Waals surface area contributed by atoms with Gasteiger partial charge in [-0.1, -0.05) is 44.5 Å². The Hall–Kier alpha value is -1.11. The Morgan fingerprint density at radius 1 is 1.25 bits per heavy atom. The van der Waals surface area contributed by atoms with E-state index >= 15 is 0 Å². The Bertz CT molecular complexity index is 339. The molecule has 1 aromatic rings. The highest BCUT2D eigenvalue weighted by Crippen LogP contribution is 2.11. The second-order valence-corrected chi connectivity index (χ2v) is 4.93. The monoisotopic (exact) mass is 218 g/mol. The van der Waals surface area contributed by atoms with Gasteiger partial charge in [0.05, 0.1) is 0 Å². The summed E-state index contributed by atoms with van der Waals surface area (Å²) >= 11 is 0. The van der Waals surface area contributed by atoms with E-state index in [1.54, 1.807) is 0 Å². The standard InChI is InChI=1S/C15H22O/c1-12(2)7-6-10-15(16)11-14-9-5-4-8-13(14)3/h4-5,8-9,12H,6-7,10-11H2,1-3H3. The fourth-order valence-electron chi connectivity index (χ4n) is 1.82. The van der Waals surface area contributed by atoms with E-state index in [4.69, 9.17) is 0 Å². The summed E-state index contributed by atoms with van der Waals surface area (Å²) in [6, 6.07) is 8.14. The van der Waals surface area contributed by atoms with Gasteiger partial charge in [0, 0.05) is 12.8 Å². The third-order valence-corrected chi connectivity index (χ3v) is 2.89. The normalized spacial score (nSPS) is 10.8. The van der Waals surface area contributed by atoms with Crippen LogP contribution in [0.5, 0.6) is 0 Å². The topological polar surface area (TPSA) is 17.1 Å². The van der Waals surface area contributed by atoms with Crippen molar-refractivity contribution in [1.82, 2.24) is 0 Å². The third kappa shape index (κ3) is 4.61. The lowest BCUT2D eigenvalue weighted by Crippen LogP contribution is -2.04. The average molecular weight is 218 g/mol. The van der Waals surface area contributed by atoms with Gasteiger partial charge in [-0.2, -0.15) is 0 Å². The van der Waals surface area contributed by atoms with Crippen molar-refractivity contribution >= 4 is 5.78 Å². The van der Waals surface area contributed by atoms with Gasteiger partial charge in [-0.15, -0.1) is 0 Å². The number of rotatable bonds is 6. The number of hydrogen-bond acceptors (Lipinski definition) is 1. The molecular weight excluding hydrogens is 196 g/mol. The zero-order valence-corrected chi connectivity index (χ0v) is 10.6. The fraction of sp³-hybridized carbons (Fsp3) is 0.533. The predicted octanol–water partition coefficient (Wildman–Crippen LogP) is 3.93. The molecule has 1 nitrogen and oxygen atoms in total. The molecule has 0 saturated heterocycles. The van der Waals surface area contributed by atoms with Crippen LogP contribution in [0.15, 0.2) is 24.3 Å². The van der Waals surface area contributed by atoms with E-state index in [0.29, 0.717) is 18.1 Å². The van der Waals surface area contributed by atoms with Crippen molar-refractivity contribution in [1.29, 1.82) is 0 Å². The Kier molecular flexibility index (Phi) is 5.24. The number of hydrogen-bond donors (Lipinski definition) is 0. The molecule has 0 saturated carbocycles. The Balaban J connectivity index is 2.37. The van der Waals surface area contributed by atoms with E-state index in [2.05, 4.69) is 32.9 Å². The minimum absolute atomic E-state index is 0.370. The molecule has 0 aliphatic carbocycles. The highest BCUT2D eigenvalue weighted by Gasteiger charge is 2.06. The number of ketones is 1. The molecule has 1 aromatic carbocycles. The minimum Gasteiger partial charge on any atom is -0.299 e. The summed E-state index contributed by atoms with van der Waals surface area (Å²) in [5.41, 5.74) is 2.40. The number of carbonyl (C=O) groups is 1. The van der Waals surface area contributed by atoms with E-state index < -0.39 is 0 Å². The van der Waals surface area contributed by atoms with Crippen LogP contribution in [0, 0.1) is 12.8 Å². The SMILES string of the molecule is Cc1ccccc1CC(=O)CCCC(C)C. The van der Waals surface area contributed by atoms with Crippen LogP contribution in [-0.4, -0.2) is 5.78 Å². The molecule has 0 aliphatic rings. The summed E-state index contributed by atoms with van der Waals surface area (Å²) < 4.78 is 0. The highest BCUT2D eigenvalue weighted by molar-refractivity contribution is 5.81. The molecule has 0 unspecified atom stereocenters. The van der Waals surface area contributed by atoms with Gasteiger partial charge in [-0.05, 0) is 30.4 Å². The maximum atomic E-state index is 11.7. The quantitative estimate of drug-likeness (QED) is 0.707. The molecule has 0 heterocycles. The predicted molar refractivity (Wildman–Crippen MR) is 68.6 cm³/mol. The van der Waals surface area contributed by atoms with E-state index in [1.165, 1.54) is 11.1 Å². The largest absolute Gasteiger partial charge is 0.299 e. The molecule has 0 spiro atoms. The van der Waals surface area contributed by atoms with Crippen LogP contribution in [0.3, 0.4) is 0 Å². The third-order valence-electron chi connectivity index (χ3n) is 2.89. The zero-order chi connectivity index (χ0) is 12.0. The molecule has 0 atom stereocenters. The minimum atomic E-state index is 0.370. The van der Waals surface area contributed by atoms with Crippen LogP contribution in [0.1, 0.15) is 44.2 Å². The van der Waals surface area contributed by atoms with Crippen molar-refractivity contribution in [3.63, 3.8) is 0 Å². The summed E-state index contributed by atoms with van der Waals surface area (Å²) in [6.07, 6.45) is 3.51. The first kappa shape index (κ1) is 13.0. The summed E-state index contributed by atoms with van der Waals surface area (Å²) in [5.74, 6) is 1.07. The lowest BCUT2D eigenvalue weighted by atomic mass is 9.99. The Labute approximate surface area is 98.9 Å². The lowest BCUT2D eigenvalue weighted by Gasteiger charge is -2.06. The van der Waals surface area contributed by atoms with Crippen molar-refractivity contribution in [2.45, 2.75) is 46.5 Å². The van der Waals surface area contributed by atoms with Crippen molar-refractivity contribution in [2.75, 3.05) is 0 Å². The van der Waals surface area contributed by atoms with Crippen LogP contribution in [-0.2, 0) is 11.2 Å². The number of Topliss-reactive ketones (excluding diaryl/α,β-unsaturated/α-hetero) is 1. The van der Waals surface area contributed by atoms with Gasteiger partial charge in [0.15, 0.2) is 0 Å². The van der Waals surface area contributed by atoms with Crippen LogP contribution in [0.2, 0.25) is 0 Å². The first-order valence-electron chi connectivity index (χ1n) is 6.16. The molecule has 0 radical (unpaired) electrons. The first-order valence-corrected chi connectivity index (χ1v) is 6.16. The van der Waals surface area contributed by atoms with Crippen LogP contribution in [0.25, 0.3) is 0 Å². The van der Waals surface area contributed by atoms with Gasteiger partial charge in [-0.25, -0.2) is 0 Å². The highest BCUT2D eigenvalue weighted by atomic mass is 16.1. The lowest BCUT2D eigenvalue weighted by molar-refractivity contribution is -0.118. The smallest absolute Gasteiger partial charge is 0.137 e.